The predicted octanol–water partition coefficient (Wildman–Crippen LogP) is 3.58. The van der Waals surface area contributed by atoms with Gasteiger partial charge in [-0.1, -0.05) is 47.5 Å². The molecule has 2 aromatic rings. The first-order chi connectivity index (χ1) is 12.4. The van der Waals surface area contributed by atoms with Crippen molar-refractivity contribution in [1.29, 1.82) is 0 Å². The lowest BCUT2D eigenvalue weighted by molar-refractivity contribution is -0.156. The Kier molecular flexibility index (Phi) is 7.04. The van der Waals surface area contributed by atoms with Crippen molar-refractivity contribution in [3.05, 3.63) is 64.2 Å². The Morgan fingerprint density at radius 2 is 1.88 bits per heavy atom. The molecule has 6 heteroatoms. The van der Waals surface area contributed by atoms with Crippen LogP contribution in [-0.4, -0.2) is 24.6 Å². The van der Waals surface area contributed by atoms with Gasteiger partial charge in [0.2, 0.25) is 0 Å². The molecule has 26 heavy (non-hydrogen) atoms. The fourth-order valence-corrected chi connectivity index (χ4v) is 2.55. The van der Waals surface area contributed by atoms with Crippen molar-refractivity contribution in [2.75, 3.05) is 6.61 Å². The number of esters is 1. The molecule has 0 heterocycles. The number of hydrogen-bond acceptors (Lipinski definition) is 4. The largest absolute Gasteiger partial charge is 0.482 e. The van der Waals surface area contributed by atoms with Gasteiger partial charge in [-0.3, -0.25) is 4.79 Å². The molecule has 2 rings (SSSR count). The molecular weight excluding hydrogens is 354 g/mol. The molecule has 0 saturated carbocycles. The van der Waals surface area contributed by atoms with E-state index in [1.165, 1.54) is 6.92 Å². The molecule has 0 fully saturated rings. The van der Waals surface area contributed by atoms with Crippen molar-refractivity contribution in [2.45, 2.75) is 33.4 Å². The summed E-state index contributed by atoms with van der Waals surface area (Å²) >= 11 is 6.04. The van der Waals surface area contributed by atoms with Gasteiger partial charge in [-0.25, -0.2) is 4.79 Å². The molecule has 2 aromatic carbocycles. The number of benzene rings is 2. The Morgan fingerprint density at radius 3 is 2.58 bits per heavy atom. The number of nitrogens with one attached hydrogen (secondary N) is 1. The van der Waals surface area contributed by atoms with Gasteiger partial charge in [-0.15, -0.1) is 0 Å². The number of halogens is 1. The van der Waals surface area contributed by atoms with Crippen LogP contribution in [0.5, 0.6) is 5.75 Å². The highest BCUT2D eigenvalue weighted by atomic mass is 35.5. The first kappa shape index (κ1) is 19.8. The lowest BCUT2D eigenvalue weighted by atomic mass is 10.1. The molecule has 1 amide bonds. The molecular formula is C20H22ClNO4. The fraction of sp³-hybridized carbons (Fsp3) is 0.300. The molecule has 0 spiro atoms. The summed E-state index contributed by atoms with van der Waals surface area (Å²) in [6.07, 6.45) is -0.923. The number of carbonyl (C=O) groups is 2. The zero-order chi connectivity index (χ0) is 19.1. The second-order valence-electron chi connectivity index (χ2n) is 6.00. The average Bonchev–Trinajstić information content (AvgIpc) is 2.60. The number of ether oxygens (including phenoxy) is 2. The van der Waals surface area contributed by atoms with Crippen LogP contribution in [0.1, 0.15) is 23.6 Å². The van der Waals surface area contributed by atoms with Crippen LogP contribution in [0.4, 0.5) is 0 Å². The summed E-state index contributed by atoms with van der Waals surface area (Å²) in [5.74, 6) is -0.390. The lowest BCUT2D eigenvalue weighted by Crippen LogP contribution is -2.36. The summed E-state index contributed by atoms with van der Waals surface area (Å²) in [7, 11) is 0. The van der Waals surface area contributed by atoms with Gasteiger partial charge in [-0.05, 0) is 44.0 Å². The van der Waals surface area contributed by atoms with Crippen molar-refractivity contribution >= 4 is 23.5 Å². The van der Waals surface area contributed by atoms with Gasteiger partial charge in [0.15, 0.2) is 12.7 Å². The van der Waals surface area contributed by atoms with Crippen LogP contribution in [0.2, 0.25) is 5.02 Å². The van der Waals surface area contributed by atoms with Crippen molar-refractivity contribution in [3.8, 4) is 5.75 Å². The third-order valence-corrected chi connectivity index (χ3v) is 4.13. The molecule has 0 aliphatic heterocycles. The molecule has 0 radical (unpaired) electrons. The lowest BCUT2D eigenvalue weighted by Gasteiger charge is -2.15. The zero-order valence-electron chi connectivity index (χ0n) is 15.0. The number of aryl methyl sites for hydroxylation is 2. The molecule has 5 nitrogen and oxygen atoms in total. The minimum Gasteiger partial charge on any atom is -0.482 e. The summed E-state index contributed by atoms with van der Waals surface area (Å²) in [6.45, 7) is 5.40. The first-order valence-corrected chi connectivity index (χ1v) is 8.65. The van der Waals surface area contributed by atoms with E-state index in [-0.39, 0.29) is 13.2 Å². The van der Waals surface area contributed by atoms with Crippen molar-refractivity contribution in [2.24, 2.45) is 0 Å². The third kappa shape index (κ3) is 5.77. The topological polar surface area (TPSA) is 64.6 Å². The standard InChI is InChI=1S/C20H22ClNO4/c1-13-8-9-18(14(2)10-13)25-12-19(23)26-15(3)20(24)22-11-16-6-4-5-7-17(16)21/h4-10,15H,11-12H2,1-3H3,(H,22,24)/t15-/m0/s1. The molecule has 0 unspecified atom stereocenters. The molecule has 0 bridgehead atoms. The van der Waals surface area contributed by atoms with Crippen LogP contribution in [0.25, 0.3) is 0 Å². The Balaban J connectivity index is 1.78. The summed E-state index contributed by atoms with van der Waals surface area (Å²) in [5.41, 5.74) is 2.84. The predicted molar refractivity (Wildman–Crippen MR) is 100 cm³/mol. The second kappa shape index (κ2) is 9.25. The van der Waals surface area contributed by atoms with Gasteiger partial charge in [-0.2, -0.15) is 0 Å². The highest BCUT2D eigenvalue weighted by Crippen LogP contribution is 2.18. The van der Waals surface area contributed by atoms with Crippen LogP contribution < -0.4 is 10.1 Å². The van der Waals surface area contributed by atoms with Crippen LogP contribution in [0, 0.1) is 13.8 Å². The molecule has 0 aromatic heterocycles. The van der Waals surface area contributed by atoms with Gasteiger partial charge >= 0.3 is 5.97 Å². The minimum absolute atomic E-state index is 0.258. The SMILES string of the molecule is Cc1ccc(OCC(=O)O[C@@H](C)C(=O)NCc2ccccc2Cl)c(C)c1. The van der Waals surface area contributed by atoms with E-state index in [4.69, 9.17) is 21.1 Å². The second-order valence-corrected chi connectivity index (χ2v) is 6.41. The first-order valence-electron chi connectivity index (χ1n) is 8.27. The Hall–Kier alpha value is -2.53. The molecule has 1 N–H and O–H groups in total. The minimum atomic E-state index is -0.923. The van der Waals surface area contributed by atoms with Gasteiger partial charge in [0.25, 0.3) is 5.91 Å². The summed E-state index contributed by atoms with van der Waals surface area (Å²) in [4.78, 5) is 23.9. The smallest absolute Gasteiger partial charge is 0.344 e. The highest BCUT2D eigenvalue weighted by Gasteiger charge is 2.18. The quantitative estimate of drug-likeness (QED) is 0.751. The monoisotopic (exact) mass is 375 g/mol. The van der Waals surface area contributed by atoms with E-state index in [0.29, 0.717) is 10.8 Å². The van der Waals surface area contributed by atoms with Gasteiger partial charge in [0.05, 0.1) is 0 Å². The summed E-state index contributed by atoms with van der Waals surface area (Å²) < 4.78 is 10.6. The van der Waals surface area contributed by atoms with E-state index in [1.54, 1.807) is 12.1 Å². The number of carbonyl (C=O) groups excluding carboxylic acids is 2. The van der Waals surface area contributed by atoms with Gasteiger partial charge in [0.1, 0.15) is 5.75 Å². The molecule has 1 atom stereocenters. The maximum Gasteiger partial charge on any atom is 0.344 e. The van der Waals surface area contributed by atoms with Crippen LogP contribution in [0.3, 0.4) is 0 Å². The third-order valence-electron chi connectivity index (χ3n) is 3.76. The van der Waals surface area contributed by atoms with Crippen molar-refractivity contribution < 1.29 is 19.1 Å². The molecule has 0 aliphatic rings. The van der Waals surface area contributed by atoms with E-state index in [1.807, 2.05) is 44.2 Å². The number of hydrogen-bond donors (Lipinski definition) is 1. The van der Waals surface area contributed by atoms with E-state index in [9.17, 15) is 9.59 Å². The summed E-state index contributed by atoms with van der Waals surface area (Å²) in [6, 6.07) is 12.9. The zero-order valence-corrected chi connectivity index (χ0v) is 15.8. The summed E-state index contributed by atoms with van der Waals surface area (Å²) in [5, 5.41) is 3.26. The van der Waals surface area contributed by atoms with E-state index in [0.717, 1.165) is 16.7 Å². The van der Waals surface area contributed by atoms with Crippen LogP contribution in [-0.2, 0) is 20.9 Å². The van der Waals surface area contributed by atoms with E-state index >= 15 is 0 Å². The fourth-order valence-electron chi connectivity index (χ4n) is 2.35. The maximum atomic E-state index is 12.1. The van der Waals surface area contributed by atoms with Crippen molar-refractivity contribution in [3.63, 3.8) is 0 Å². The molecule has 138 valence electrons. The Labute approximate surface area is 158 Å². The molecule has 0 saturated heterocycles. The van der Waals surface area contributed by atoms with Gasteiger partial charge in [0, 0.05) is 11.6 Å². The average molecular weight is 376 g/mol. The molecule has 0 aliphatic carbocycles. The maximum absolute atomic E-state index is 12.1. The number of amides is 1. The number of rotatable bonds is 7. The Bertz CT molecular complexity index is 791. The highest BCUT2D eigenvalue weighted by molar-refractivity contribution is 6.31. The van der Waals surface area contributed by atoms with E-state index < -0.39 is 18.0 Å². The van der Waals surface area contributed by atoms with Gasteiger partial charge < -0.3 is 14.8 Å². The van der Waals surface area contributed by atoms with Crippen molar-refractivity contribution in [1.82, 2.24) is 5.32 Å². The van der Waals surface area contributed by atoms with E-state index in [2.05, 4.69) is 5.32 Å². The van der Waals surface area contributed by atoms with Crippen LogP contribution >= 0.6 is 11.6 Å². The Morgan fingerprint density at radius 1 is 1.15 bits per heavy atom. The van der Waals surface area contributed by atoms with Crippen LogP contribution in [0.15, 0.2) is 42.5 Å². The normalized spacial score (nSPS) is 11.5.